The minimum absolute atomic E-state index is 0.0192. The second kappa shape index (κ2) is 7.92. The zero-order chi connectivity index (χ0) is 21.6. The van der Waals surface area contributed by atoms with E-state index < -0.39 is 11.2 Å². The smallest absolute Gasteiger partial charge is 0.332 e. The first-order valence-corrected chi connectivity index (χ1v) is 10.5. The van der Waals surface area contributed by atoms with Gasteiger partial charge in [-0.2, -0.15) is 0 Å². The number of carbonyl (C=O) groups is 1. The molecule has 0 saturated carbocycles. The molecule has 0 bridgehead atoms. The summed E-state index contributed by atoms with van der Waals surface area (Å²) < 4.78 is 4.23. The number of anilines is 1. The minimum atomic E-state index is -0.491. The van der Waals surface area contributed by atoms with Gasteiger partial charge < -0.3 is 9.80 Å². The standard InChI is InChI=1S/C19H20BrClN6O3/c1-23-16-15(17(29)24(2)19(23)30)22-18(20)27(16)11-14(28)26-8-6-25(7-9-26)13-5-3-4-12(21)10-13/h3-5,10H,6-9,11H2,1-2H3. The number of fused-ring (bicyclic) bond motifs is 1. The molecule has 0 atom stereocenters. The number of nitrogens with zero attached hydrogens (tertiary/aromatic N) is 6. The van der Waals surface area contributed by atoms with Crippen LogP contribution in [0.4, 0.5) is 5.69 Å². The van der Waals surface area contributed by atoms with Crippen LogP contribution in [0.5, 0.6) is 0 Å². The van der Waals surface area contributed by atoms with Crippen molar-refractivity contribution in [3.8, 4) is 0 Å². The first kappa shape index (κ1) is 20.7. The molecule has 9 nitrogen and oxygen atoms in total. The van der Waals surface area contributed by atoms with E-state index >= 15 is 0 Å². The number of benzene rings is 1. The van der Waals surface area contributed by atoms with Gasteiger partial charge in [0, 0.05) is 51.0 Å². The summed E-state index contributed by atoms with van der Waals surface area (Å²) in [5, 5.41) is 0.680. The molecule has 11 heteroatoms. The van der Waals surface area contributed by atoms with Crippen LogP contribution in [0.2, 0.25) is 5.02 Å². The lowest BCUT2D eigenvalue weighted by Gasteiger charge is -2.36. The summed E-state index contributed by atoms with van der Waals surface area (Å²) in [6.45, 7) is 2.50. The Morgan fingerprint density at radius 3 is 2.50 bits per heavy atom. The molecule has 1 fully saturated rings. The Morgan fingerprint density at radius 1 is 1.13 bits per heavy atom. The number of hydrogen-bond donors (Lipinski definition) is 0. The molecule has 0 N–H and O–H groups in total. The molecule has 0 radical (unpaired) electrons. The van der Waals surface area contributed by atoms with Gasteiger partial charge >= 0.3 is 5.69 Å². The molecule has 4 rings (SSSR count). The van der Waals surface area contributed by atoms with Gasteiger partial charge in [-0.25, -0.2) is 9.78 Å². The fourth-order valence-corrected chi connectivity index (χ4v) is 4.38. The highest BCUT2D eigenvalue weighted by Gasteiger charge is 2.24. The van der Waals surface area contributed by atoms with Crippen LogP contribution in [0.25, 0.3) is 11.2 Å². The fourth-order valence-electron chi connectivity index (χ4n) is 3.72. The third kappa shape index (κ3) is 3.54. The van der Waals surface area contributed by atoms with E-state index in [1.54, 1.807) is 16.5 Å². The molecule has 0 aliphatic carbocycles. The molecular formula is C19H20BrClN6O3. The van der Waals surface area contributed by atoms with E-state index in [-0.39, 0.29) is 18.0 Å². The Kier molecular flexibility index (Phi) is 5.46. The minimum Gasteiger partial charge on any atom is -0.368 e. The van der Waals surface area contributed by atoms with Gasteiger partial charge in [-0.15, -0.1) is 0 Å². The Morgan fingerprint density at radius 2 is 1.83 bits per heavy atom. The van der Waals surface area contributed by atoms with Crippen molar-refractivity contribution in [2.24, 2.45) is 14.1 Å². The van der Waals surface area contributed by atoms with E-state index in [0.29, 0.717) is 41.6 Å². The summed E-state index contributed by atoms with van der Waals surface area (Å²) in [6.07, 6.45) is 0. The summed E-state index contributed by atoms with van der Waals surface area (Å²) in [7, 11) is 2.96. The molecule has 1 aromatic carbocycles. The van der Waals surface area contributed by atoms with Crippen molar-refractivity contribution in [1.82, 2.24) is 23.6 Å². The molecule has 30 heavy (non-hydrogen) atoms. The fraction of sp³-hybridized carbons (Fsp3) is 0.368. The number of piperazine rings is 1. The van der Waals surface area contributed by atoms with Crippen molar-refractivity contribution in [3.63, 3.8) is 0 Å². The molecule has 158 valence electrons. The van der Waals surface area contributed by atoms with E-state index in [0.717, 1.165) is 10.3 Å². The number of hydrogen-bond acceptors (Lipinski definition) is 5. The molecule has 1 saturated heterocycles. The van der Waals surface area contributed by atoms with Gasteiger partial charge in [0.1, 0.15) is 6.54 Å². The molecule has 3 heterocycles. The second-order valence-electron chi connectivity index (χ2n) is 7.19. The zero-order valence-electron chi connectivity index (χ0n) is 16.5. The number of amides is 1. The van der Waals surface area contributed by atoms with Gasteiger partial charge in [0.2, 0.25) is 5.91 Å². The molecule has 1 aliphatic heterocycles. The number of rotatable bonds is 3. The summed E-state index contributed by atoms with van der Waals surface area (Å²) in [4.78, 5) is 45.8. The lowest BCUT2D eigenvalue weighted by Crippen LogP contribution is -2.49. The summed E-state index contributed by atoms with van der Waals surface area (Å²) in [5.74, 6) is -0.103. The Balaban J connectivity index is 1.54. The average molecular weight is 496 g/mol. The van der Waals surface area contributed by atoms with E-state index in [1.165, 1.54) is 11.6 Å². The van der Waals surface area contributed by atoms with Gasteiger partial charge in [0.25, 0.3) is 5.56 Å². The van der Waals surface area contributed by atoms with Crippen LogP contribution < -0.4 is 16.1 Å². The van der Waals surface area contributed by atoms with Crippen molar-refractivity contribution < 1.29 is 4.79 Å². The van der Waals surface area contributed by atoms with E-state index in [1.807, 2.05) is 24.3 Å². The third-order valence-electron chi connectivity index (χ3n) is 5.39. The first-order chi connectivity index (χ1) is 14.3. The van der Waals surface area contributed by atoms with Crippen molar-refractivity contribution >= 4 is 50.3 Å². The van der Waals surface area contributed by atoms with E-state index in [2.05, 4.69) is 25.8 Å². The Hall–Kier alpha value is -2.59. The number of halogens is 2. The van der Waals surface area contributed by atoms with Gasteiger partial charge in [-0.1, -0.05) is 17.7 Å². The summed E-state index contributed by atoms with van der Waals surface area (Å²) in [6, 6.07) is 7.65. The van der Waals surface area contributed by atoms with E-state index in [4.69, 9.17) is 11.6 Å². The van der Waals surface area contributed by atoms with Crippen LogP contribution in [0.1, 0.15) is 0 Å². The molecule has 1 aliphatic rings. The maximum atomic E-state index is 13.0. The predicted octanol–water partition coefficient (Wildman–Crippen LogP) is 1.20. The van der Waals surface area contributed by atoms with Crippen molar-refractivity contribution in [1.29, 1.82) is 0 Å². The molecule has 0 spiro atoms. The topological polar surface area (TPSA) is 85.4 Å². The lowest BCUT2D eigenvalue weighted by molar-refractivity contribution is -0.132. The average Bonchev–Trinajstić information content (AvgIpc) is 3.07. The largest absolute Gasteiger partial charge is 0.368 e. The third-order valence-corrected chi connectivity index (χ3v) is 6.23. The maximum absolute atomic E-state index is 13.0. The van der Waals surface area contributed by atoms with Crippen molar-refractivity contribution in [2.75, 3.05) is 31.1 Å². The first-order valence-electron chi connectivity index (χ1n) is 9.38. The maximum Gasteiger partial charge on any atom is 0.332 e. The van der Waals surface area contributed by atoms with Crippen molar-refractivity contribution in [2.45, 2.75) is 6.54 Å². The Labute approximate surface area is 185 Å². The number of carbonyl (C=O) groups excluding carboxylic acids is 1. The van der Waals surface area contributed by atoms with Crippen LogP contribution in [0.3, 0.4) is 0 Å². The van der Waals surface area contributed by atoms with Gasteiger partial charge in [-0.05, 0) is 34.1 Å². The SMILES string of the molecule is Cn1c(=O)c2nc(Br)n(CC(=O)N3CCN(c4cccc(Cl)c4)CC3)c2n(C)c1=O. The summed E-state index contributed by atoms with van der Waals surface area (Å²) >= 11 is 9.40. The van der Waals surface area contributed by atoms with Crippen LogP contribution in [0.15, 0.2) is 38.6 Å². The summed E-state index contributed by atoms with van der Waals surface area (Å²) in [5.41, 5.74) is 0.536. The van der Waals surface area contributed by atoms with Gasteiger partial charge in [-0.3, -0.25) is 23.3 Å². The Bertz CT molecular complexity index is 1260. The highest BCUT2D eigenvalue weighted by Crippen LogP contribution is 2.21. The van der Waals surface area contributed by atoms with Crippen molar-refractivity contribution in [3.05, 3.63) is 54.9 Å². The normalized spacial score (nSPS) is 14.5. The molecule has 0 unspecified atom stereocenters. The van der Waals surface area contributed by atoms with E-state index in [9.17, 15) is 14.4 Å². The number of aromatic nitrogens is 4. The number of imidazole rings is 1. The highest BCUT2D eigenvalue weighted by molar-refractivity contribution is 9.10. The van der Waals surface area contributed by atoms with Crippen LogP contribution in [0, 0.1) is 0 Å². The molecule has 2 aromatic heterocycles. The zero-order valence-corrected chi connectivity index (χ0v) is 18.9. The quantitative estimate of drug-likeness (QED) is 0.510. The van der Waals surface area contributed by atoms with Crippen LogP contribution in [-0.2, 0) is 25.4 Å². The predicted molar refractivity (Wildman–Crippen MR) is 118 cm³/mol. The van der Waals surface area contributed by atoms with Gasteiger partial charge in [0.15, 0.2) is 15.9 Å². The molecule has 3 aromatic rings. The van der Waals surface area contributed by atoms with Gasteiger partial charge in [0.05, 0.1) is 0 Å². The van der Waals surface area contributed by atoms with Crippen LogP contribution in [-0.4, -0.2) is 55.7 Å². The van der Waals surface area contributed by atoms with Crippen LogP contribution >= 0.6 is 27.5 Å². The lowest BCUT2D eigenvalue weighted by atomic mass is 10.2. The molecular weight excluding hydrogens is 476 g/mol. The highest BCUT2D eigenvalue weighted by atomic mass is 79.9. The second-order valence-corrected chi connectivity index (χ2v) is 8.34. The number of aryl methyl sites for hydroxylation is 1. The monoisotopic (exact) mass is 494 g/mol. The molecule has 1 amide bonds.